The summed E-state index contributed by atoms with van der Waals surface area (Å²) in [5, 5.41) is 10.6. The number of hydrogen-bond donors (Lipinski definition) is 1. The first-order valence-electron chi connectivity index (χ1n) is 12.9. The van der Waals surface area contributed by atoms with Crippen molar-refractivity contribution in [3.63, 3.8) is 0 Å². The van der Waals surface area contributed by atoms with E-state index in [4.69, 9.17) is 0 Å². The monoisotopic (exact) mass is 495 g/mol. The molecule has 5 nitrogen and oxygen atoms in total. The van der Waals surface area contributed by atoms with E-state index in [1.807, 2.05) is 36.4 Å². The molecular formula is C29H37NO4S. The molecule has 1 unspecified atom stereocenters. The number of carbonyl (C=O) groups excluding carboxylic acids is 1. The maximum absolute atomic E-state index is 13.8. The Morgan fingerprint density at radius 3 is 2.54 bits per heavy atom. The average molecular weight is 496 g/mol. The van der Waals surface area contributed by atoms with Gasteiger partial charge in [0.15, 0.2) is 9.84 Å². The van der Waals surface area contributed by atoms with Crippen LogP contribution in [0.25, 0.3) is 0 Å². The van der Waals surface area contributed by atoms with Crippen molar-refractivity contribution in [2.75, 3.05) is 12.3 Å². The highest BCUT2D eigenvalue weighted by atomic mass is 32.2. The Kier molecular flexibility index (Phi) is 6.02. The highest BCUT2D eigenvalue weighted by molar-refractivity contribution is 7.90. The topological polar surface area (TPSA) is 74.7 Å². The standard InChI is InChI=1S/C29H37NO4S/c1-28(2)26-17-23-24(10-7-11-25(23)31)29(28,3)14-15-30(26)27(32)22-13-12-21(16-22)19-35(33,34)18-20-8-5-4-6-9-20/h4-11,21-22,26,31H,12-19H2,1-3H3/t21?,22-,26-,29+/m1/s1. The van der Waals surface area contributed by atoms with Gasteiger partial charge < -0.3 is 10.0 Å². The number of amides is 1. The molecule has 35 heavy (non-hydrogen) atoms. The molecule has 2 bridgehead atoms. The zero-order valence-electron chi connectivity index (χ0n) is 21.0. The van der Waals surface area contributed by atoms with Gasteiger partial charge in [0.2, 0.25) is 5.91 Å². The molecule has 1 heterocycles. The molecule has 3 aliphatic rings. The van der Waals surface area contributed by atoms with Crippen LogP contribution in [0, 0.1) is 17.3 Å². The number of phenolic OH excluding ortho intramolecular Hbond substituents is 1. The van der Waals surface area contributed by atoms with Crippen molar-refractivity contribution in [3.05, 3.63) is 65.2 Å². The van der Waals surface area contributed by atoms with E-state index >= 15 is 0 Å². The van der Waals surface area contributed by atoms with Crippen LogP contribution in [0.1, 0.15) is 63.1 Å². The molecule has 2 aliphatic carbocycles. The molecule has 4 atom stereocenters. The van der Waals surface area contributed by atoms with Gasteiger partial charge in [-0.25, -0.2) is 8.42 Å². The van der Waals surface area contributed by atoms with Crippen molar-refractivity contribution >= 4 is 15.7 Å². The second-order valence-corrected chi connectivity index (χ2v) is 13.9. The second kappa shape index (κ2) is 8.65. The fraction of sp³-hybridized carbons (Fsp3) is 0.552. The molecule has 0 radical (unpaired) electrons. The number of piperidine rings is 1. The number of hydrogen-bond acceptors (Lipinski definition) is 4. The lowest BCUT2D eigenvalue weighted by Gasteiger charge is -2.61. The summed E-state index contributed by atoms with van der Waals surface area (Å²) in [6.45, 7) is 7.52. The van der Waals surface area contributed by atoms with E-state index in [1.54, 1.807) is 6.07 Å². The lowest BCUT2D eigenvalue weighted by Crippen LogP contribution is -2.65. The Bertz CT molecular complexity index is 1220. The SMILES string of the molecule is CC1(C)[C@H]2Cc3c(O)cccc3[C@]1(C)CCN2C(=O)[C@@H]1CCC(CS(=O)(=O)Cc2ccccc2)C1. The van der Waals surface area contributed by atoms with Crippen molar-refractivity contribution in [2.24, 2.45) is 17.3 Å². The van der Waals surface area contributed by atoms with E-state index in [2.05, 4.69) is 31.7 Å². The fourth-order valence-corrected chi connectivity index (χ4v) is 8.96. The summed E-state index contributed by atoms with van der Waals surface area (Å²) in [7, 11) is -3.22. The summed E-state index contributed by atoms with van der Waals surface area (Å²) in [6, 6.07) is 15.2. The number of nitrogens with zero attached hydrogens (tertiary/aromatic N) is 1. The normalized spacial score (nSPS) is 29.6. The van der Waals surface area contributed by atoms with Crippen molar-refractivity contribution in [1.82, 2.24) is 4.90 Å². The van der Waals surface area contributed by atoms with Crippen LogP contribution in [-0.2, 0) is 32.2 Å². The Balaban J connectivity index is 1.30. The first kappa shape index (κ1) is 24.4. The summed E-state index contributed by atoms with van der Waals surface area (Å²) >= 11 is 0. The summed E-state index contributed by atoms with van der Waals surface area (Å²) in [6.07, 6.45) is 3.72. The number of fused-ring (bicyclic) bond motifs is 4. The van der Waals surface area contributed by atoms with Crippen molar-refractivity contribution in [1.29, 1.82) is 0 Å². The van der Waals surface area contributed by atoms with E-state index in [-0.39, 0.29) is 46.1 Å². The van der Waals surface area contributed by atoms with Gasteiger partial charge in [-0.2, -0.15) is 0 Å². The van der Waals surface area contributed by atoms with Crippen molar-refractivity contribution < 1.29 is 18.3 Å². The van der Waals surface area contributed by atoms with E-state index in [0.29, 0.717) is 25.1 Å². The number of aromatic hydroxyl groups is 1. The number of carbonyl (C=O) groups is 1. The lowest BCUT2D eigenvalue weighted by atomic mass is 9.51. The zero-order valence-corrected chi connectivity index (χ0v) is 21.9. The number of benzene rings is 2. The molecule has 5 rings (SSSR count). The molecule has 188 valence electrons. The predicted octanol–water partition coefficient (Wildman–Crippen LogP) is 4.86. The van der Waals surface area contributed by atoms with E-state index in [0.717, 1.165) is 30.4 Å². The van der Waals surface area contributed by atoms with E-state index in [9.17, 15) is 18.3 Å². The molecule has 2 aromatic rings. The van der Waals surface area contributed by atoms with Gasteiger partial charge in [0.05, 0.1) is 11.5 Å². The summed E-state index contributed by atoms with van der Waals surface area (Å²) in [4.78, 5) is 15.9. The summed E-state index contributed by atoms with van der Waals surface area (Å²) < 4.78 is 25.7. The minimum Gasteiger partial charge on any atom is -0.508 e. The number of likely N-dealkylation sites (tertiary alicyclic amines) is 1. The molecule has 1 amide bonds. The summed E-state index contributed by atoms with van der Waals surface area (Å²) in [5.41, 5.74) is 2.78. The molecule has 1 saturated carbocycles. The third kappa shape index (κ3) is 4.18. The first-order chi connectivity index (χ1) is 16.5. The van der Waals surface area contributed by atoms with Crippen LogP contribution in [0.2, 0.25) is 0 Å². The predicted molar refractivity (Wildman–Crippen MR) is 138 cm³/mol. The highest BCUT2D eigenvalue weighted by Gasteiger charge is 2.57. The van der Waals surface area contributed by atoms with Crippen LogP contribution in [-0.4, -0.2) is 42.7 Å². The smallest absolute Gasteiger partial charge is 0.225 e. The third-order valence-electron chi connectivity index (χ3n) is 9.52. The van der Waals surface area contributed by atoms with Crippen LogP contribution < -0.4 is 0 Å². The Labute approximate surface area is 209 Å². The lowest BCUT2D eigenvalue weighted by molar-refractivity contribution is -0.148. The van der Waals surface area contributed by atoms with Gasteiger partial charge in [-0.1, -0.05) is 63.2 Å². The second-order valence-electron chi connectivity index (χ2n) is 11.8. The van der Waals surface area contributed by atoms with E-state index in [1.165, 1.54) is 5.56 Å². The number of phenols is 1. The number of sulfone groups is 1. The Hall–Kier alpha value is -2.34. The van der Waals surface area contributed by atoms with Gasteiger partial charge in [-0.05, 0) is 66.2 Å². The third-order valence-corrected chi connectivity index (χ3v) is 11.3. The van der Waals surface area contributed by atoms with Crippen LogP contribution in [0.3, 0.4) is 0 Å². The van der Waals surface area contributed by atoms with Gasteiger partial charge in [0, 0.05) is 23.9 Å². The van der Waals surface area contributed by atoms with Crippen LogP contribution in [0.4, 0.5) is 0 Å². The molecule has 1 aliphatic heterocycles. The quantitative estimate of drug-likeness (QED) is 0.643. The van der Waals surface area contributed by atoms with Gasteiger partial charge >= 0.3 is 0 Å². The molecule has 0 spiro atoms. The van der Waals surface area contributed by atoms with Gasteiger partial charge in [-0.3, -0.25) is 4.79 Å². The minimum absolute atomic E-state index is 0.0235. The largest absolute Gasteiger partial charge is 0.508 e. The van der Waals surface area contributed by atoms with Crippen molar-refractivity contribution in [3.8, 4) is 5.75 Å². The highest BCUT2D eigenvalue weighted by Crippen LogP contribution is 2.57. The van der Waals surface area contributed by atoms with Crippen LogP contribution >= 0.6 is 0 Å². The summed E-state index contributed by atoms with van der Waals surface area (Å²) in [5.74, 6) is 0.641. The maximum Gasteiger partial charge on any atom is 0.225 e. The molecule has 6 heteroatoms. The Morgan fingerprint density at radius 2 is 1.80 bits per heavy atom. The molecule has 2 fully saturated rings. The zero-order chi connectivity index (χ0) is 25.0. The maximum atomic E-state index is 13.8. The van der Waals surface area contributed by atoms with Crippen LogP contribution in [0.5, 0.6) is 5.75 Å². The van der Waals surface area contributed by atoms with Crippen molar-refractivity contribution in [2.45, 2.75) is 70.1 Å². The minimum atomic E-state index is -3.22. The molecule has 1 N–H and O–H groups in total. The number of rotatable bonds is 5. The van der Waals surface area contributed by atoms with Gasteiger partial charge in [0.1, 0.15) is 5.75 Å². The van der Waals surface area contributed by atoms with Gasteiger partial charge in [0.25, 0.3) is 0 Å². The van der Waals surface area contributed by atoms with Gasteiger partial charge in [-0.15, -0.1) is 0 Å². The Morgan fingerprint density at radius 1 is 1.06 bits per heavy atom. The molecule has 2 aromatic carbocycles. The first-order valence-corrected chi connectivity index (χ1v) is 14.7. The van der Waals surface area contributed by atoms with Crippen LogP contribution in [0.15, 0.2) is 48.5 Å². The van der Waals surface area contributed by atoms with E-state index < -0.39 is 9.84 Å². The average Bonchev–Trinajstić information content (AvgIpc) is 3.24. The molecule has 0 aromatic heterocycles. The molecular weight excluding hydrogens is 458 g/mol. The fourth-order valence-electron chi connectivity index (χ4n) is 7.12. The molecule has 1 saturated heterocycles.